The van der Waals surface area contributed by atoms with Gasteiger partial charge in [0.25, 0.3) is 0 Å². The molecule has 0 aromatic heterocycles. The summed E-state index contributed by atoms with van der Waals surface area (Å²) in [7, 11) is -0.380. The first kappa shape index (κ1) is 19.9. The molecule has 148 valence electrons. The molecule has 1 heterocycles. The molecule has 0 N–H and O–H groups in total. The molecule has 0 radical (unpaired) electrons. The van der Waals surface area contributed by atoms with Crippen LogP contribution in [0.1, 0.15) is 38.8 Å². The maximum atomic E-state index is 6.35. The molecule has 2 nitrogen and oxygen atoms in total. The monoisotopic (exact) mass is 384 g/mol. The molecule has 0 atom stereocenters. The van der Waals surface area contributed by atoms with E-state index in [0.717, 1.165) is 5.46 Å². The van der Waals surface area contributed by atoms with Gasteiger partial charge in [0.15, 0.2) is 0 Å². The summed E-state index contributed by atoms with van der Waals surface area (Å²) in [6, 6.07) is 24.0. The highest BCUT2D eigenvalue weighted by atomic mass is 16.7. The van der Waals surface area contributed by atoms with E-state index in [9.17, 15) is 0 Å². The van der Waals surface area contributed by atoms with Crippen LogP contribution < -0.4 is 5.46 Å². The molecule has 4 rings (SSSR count). The molecule has 0 amide bonds. The Morgan fingerprint density at radius 1 is 0.552 bits per heavy atom. The molecular formula is C26H29BO2. The van der Waals surface area contributed by atoms with Crippen LogP contribution in [0.2, 0.25) is 0 Å². The number of aryl methyl sites for hydroxylation is 2. The Labute approximate surface area is 175 Å². The van der Waals surface area contributed by atoms with Crippen LogP contribution >= 0.6 is 0 Å². The van der Waals surface area contributed by atoms with Gasteiger partial charge in [0.2, 0.25) is 0 Å². The molecule has 3 aromatic carbocycles. The van der Waals surface area contributed by atoms with E-state index in [2.05, 4.69) is 108 Å². The topological polar surface area (TPSA) is 18.5 Å². The first-order valence-electron chi connectivity index (χ1n) is 10.3. The fourth-order valence-corrected chi connectivity index (χ4v) is 3.59. The normalized spacial score (nSPS) is 17.5. The summed E-state index contributed by atoms with van der Waals surface area (Å²) in [5.74, 6) is 0. The van der Waals surface area contributed by atoms with Gasteiger partial charge in [-0.2, -0.15) is 0 Å². The summed E-state index contributed by atoms with van der Waals surface area (Å²) < 4.78 is 12.7. The van der Waals surface area contributed by atoms with E-state index >= 15 is 0 Å². The Morgan fingerprint density at radius 3 is 1.31 bits per heavy atom. The van der Waals surface area contributed by atoms with E-state index in [1.165, 1.54) is 33.4 Å². The lowest BCUT2D eigenvalue weighted by Gasteiger charge is -2.32. The van der Waals surface area contributed by atoms with E-state index in [0.29, 0.717) is 0 Å². The molecular weight excluding hydrogens is 355 g/mol. The van der Waals surface area contributed by atoms with Gasteiger partial charge in [-0.3, -0.25) is 0 Å². The van der Waals surface area contributed by atoms with Crippen molar-refractivity contribution in [1.82, 2.24) is 0 Å². The van der Waals surface area contributed by atoms with E-state index in [-0.39, 0.29) is 18.3 Å². The van der Waals surface area contributed by atoms with Gasteiger partial charge >= 0.3 is 7.12 Å². The molecule has 29 heavy (non-hydrogen) atoms. The van der Waals surface area contributed by atoms with E-state index in [1.54, 1.807) is 0 Å². The minimum Gasteiger partial charge on any atom is -0.399 e. The second-order valence-corrected chi connectivity index (χ2v) is 9.16. The lowest BCUT2D eigenvalue weighted by molar-refractivity contribution is 0.00578. The molecule has 0 unspecified atom stereocenters. The third-order valence-corrected chi connectivity index (χ3v) is 6.25. The zero-order valence-corrected chi connectivity index (χ0v) is 18.2. The predicted octanol–water partition coefficient (Wildman–Crippen LogP) is 5.94. The van der Waals surface area contributed by atoms with E-state index < -0.39 is 0 Å². The maximum absolute atomic E-state index is 6.35. The Morgan fingerprint density at radius 2 is 0.931 bits per heavy atom. The van der Waals surface area contributed by atoms with E-state index in [4.69, 9.17) is 9.31 Å². The Kier molecular flexibility index (Phi) is 4.92. The largest absolute Gasteiger partial charge is 0.494 e. The van der Waals surface area contributed by atoms with Gasteiger partial charge in [-0.05, 0) is 75.3 Å². The summed E-state index contributed by atoms with van der Waals surface area (Å²) in [6.07, 6.45) is 0. The van der Waals surface area contributed by atoms with Gasteiger partial charge in [0, 0.05) is 0 Å². The fourth-order valence-electron chi connectivity index (χ4n) is 3.59. The first-order valence-corrected chi connectivity index (χ1v) is 10.3. The average Bonchev–Trinajstić information content (AvgIpc) is 2.90. The van der Waals surface area contributed by atoms with Gasteiger partial charge in [0.05, 0.1) is 11.2 Å². The van der Waals surface area contributed by atoms with Crippen molar-refractivity contribution < 1.29 is 9.31 Å². The number of benzene rings is 3. The number of rotatable bonds is 3. The molecule has 0 aliphatic carbocycles. The summed E-state index contributed by atoms with van der Waals surface area (Å²) in [6.45, 7) is 12.6. The van der Waals surface area contributed by atoms with E-state index in [1.807, 2.05) is 0 Å². The van der Waals surface area contributed by atoms with Crippen molar-refractivity contribution in [3.05, 3.63) is 77.9 Å². The molecule has 3 heteroatoms. The lowest BCUT2D eigenvalue weighted by atomic mass is 9.76. The third kappa shape index (κ3) is 3.90. The predicted molar refractivity (Wildman–Crippen MR) is 123 cm³/mol. The molecule has 1 aliphatic heterocycles. The van der Waals surface area contributed by atoms with Crippen molar-refractivity contribution in [3.8, 4) is 22.3 Å². The molecule has 1 fully saturated rings. The summed E-state index contributed by atoms with van der Waals surface area (Å²) in [4.78, 5) is 0. The van der Waals surface area contributed by atoms with Crippen LogP contribution in [0.4, 0.5) is 0 Å². The fraction of sp³-hybridized carbons (Fsp3) is 0.308. The zero-order chi connectivity index (χ0) is 20.8. The van der Waals surface area contributed by atoms with Gasteiger partial charge in [-0.1, -0.05) is 71.8 Å². The molecule has 1 aliphatic rings. The highest BCUT2D eigenvalue weighted by molar-refractivity contribution is 6.62. The maximum Gasteiger partial charge on any atom is 0.494 e. The van der Waals surface area contributed by atoms with Crippen LogP contribution in [0.3, 0.4) is 0 Å². The highest BCUT2D eigenvalue weighted by Crippen LogP contribution is 2.37. The van der Waals surface area contributed by atoms with Crippen LogP contribution in [0, 0.1) is 13.8 Å². The second-order valence-electron chi connectivity index (χ2n) is 9.16. The molecule has 1 saturated heterocycles. The van der Waals surface area contributed by atoms with Crippen LogP contribution in [-0.2, 0) is 9.31 Å². The molecule has 3 aromatic rings. The van der Waals surface area contributed by atoms with Crippen molar-refractivity contribution in [3.63, 3.8) is 0 Å². The summed E-state index contributed by atoms with van der Waals surface area (Å²) in [5, 5.41) is 0. The third-order valence-electron chi connectivity index (χ3n) is 6.25. The molecule has 0 spiro atoms. The van der Waals surface area contributed by atoms with Crippen LogP contribution in [-0.4, -0.2) is 18.3 Å². The standard InChI is InChI=1S/C26H29BO2/c1-18-7-11-20(12-8-18)22-15-23(21-13-9-19(2)10-14-21)17-24(16-22)27-28-25(3,4)26(5,6)29-27/h7-17H,1-6H3. The van der Waals surface area contributed by atoms with Crippen molar-refractivity contribution in [1.29, 1.82) is 0 Å². The summed E-state index contributed by atoms with van der Waals surface area (Å²) >= 11 is 0. The van der Waals surface area contributed by atoms with Crippen molar-refractivity contribution in [2.24, 2.45) is 0 Å². The smallest absolute Gasteiger partial charge is 0.399 e. The lowest BCUT2D eigenvalue weighted by Crippen LogP contribution is -2.41. The van der Waals surface area contributed by atoms with Crippen molar-refractivity contribution in [2.45, 2.75) is 52.7 Å². The average molecular weight is 384 g/mol. The Bertz CT molecular complexity index is 938. The quantitative estimate of drug-likeness (QED) is 0.521. The minimum atomic E-state index is -0.380. The first-order chi connectivity index (χ1) is 13.6. The second kappa shape index (κ2) is 7.16. The molecule has 0 saturated carbocycles. The summed E-state index contributed by atoms with van der Waals surface area (Å²) in [5.41, 5.74) is 7.59. The van der Waals surface area contributed by atoms with Crippen molar-refractivity contribution >= 4 is 12.6 Å². The van der Waals surface area contributed by atoms with Crippen molar-refractivity contribution in [2.75, 3.05) is 0 Å². The number of hydrogen-bond acceptors (Lipinski definition) is 2. The Hall–Kier alpha value is -2.36. The van der Waals surface area contributed by atoms with Gasteiger partial charge in [-0.25, -0.2) is 0 Å². The van der Waals surface area contributed by atoms with Gasteiger partial charge in [0.1, 0.15) is 0 Å². The van der Waals surface area contributed by atoms with Crippen LogP contribution in [0.5, 0.6) is 0 Å². The zero-order valence-electron chi connectivity index (χ0n) is 18.2. The Balaban J connectivity index is 1.82. The highest BCUT2D eigenvalue weighted by Gasteiger charge is 2.51. The minimum absolute atomic E-state index is 0.360. The number of hydrogen-bond donors (Lipinski definition) is 0. The van der Waals surface area contributed by atoms with Crippen LogP contribution in [0.15, 0.2) is 66.7 Å². The van der Waals surface area contributed by atoms with Crippen LogP contribution in [0.25, 0.3) is 22.3 Å². The van der Waals surface area contributed by atoms with Gasteiger partial charge < -0.3 is 9.31 Å². The van der Waals surface area contributed by atoms with Gasteiger partial charge in [-0.15, -0.1) is 0 Å². The molecule has 0 bridgehead atoms. The SMILES string of the molecule is Cc1ccc(-c2cc(B3OC(C)(C)C(C)(C)O3)cc(-c3ccc(C)cc3)c2)cc1.